The minimum atomic E-state index is -1.14. The van der Waals surface area contributed by atoms with Gasteiger partial charge in [0.05, 0.1) is 6.10 Å². The summed E-state index contributed by atoms with van der Waals surface area (Å²) in [5.74, 6) is -1.71. The van der Waals surface area contributed by atoms with Crippen LogP contribution in [0.2, 0.25) is 0 Å². The van der Waals surface area contributed by atoms with Gasteiger partial charge in [-0.15, -0.1) is 0 Å². The summed E-state index contributed by atoms with van der Waals surface area (Å²) in [6.45, 7) is 3.88. The molecule has 1 aliphatic carbocycles. The molecule has 4 rings (SSSR count). The zero-order valence-corrected chi connectivity index (χ0v) is 19.3. The lowest BCUT2D eigenvalue weighted by atomic mass is 9.98. The van der Waals surface area contributed by atoms with E-state index in [1.54, 1.807) is 0 Å². The molecule has 0 aromatic heterocycles. The molecule has 1 heterocycles. The van der Waals surface area contributed by atoms with E-state index in [1.807, 2.05) is 50.2 Å². The summed E-state index contributed by atoms with van der Waals surface area (Å²) in [5, 5.41) is 22.0. The molecule has 0 saturated carbocycles. The molecule has 2 aromatic rings. The van der Waals surface area contributed by atoms with Crippen molar-refractivity contribution in [2.75, 3.05) is 13.2 Å². The number of nitrogens with one attached hydrogen (secondary N) is 1. The van der Waals surface area contributed by atoms with Crippen molar-refractivity contribution in [1.29, 1.82) is 0 Å². The Hall–Kier alpha value is -3.39. The quantitative estimate of drug-likeness (QED) is 0.578. The summed E-state index contributed by atoms with van der Waals surface area (Å²) in [6.07, 6.45) is -1.55. The molecular weight excluding hydrogens is 436 g/mol. The van der Waals surface area contributed by atoms with E-state index in [0.717, 1.165) is 22.3 Å². The van der Waals surface area contributed by atoms with Crippen LogP contribution >= 0.6 is 0 Å². The second kappa shape index (κ2) is 9.85. The number of ether oxygens (including phenoxy) is 1. The first-order valence-electron chi connectivity index (χ1n) is 11.6. The van der Waals surface area contributed by atoms with Crippen molar-refractivity contribution >= 4 is 18.0 Å². The third-order valence-electron chi connectivity index (χ3n) is 6.73. The van der Waals surface area contributed by atoms with Gasteiger partial charge in [0, 0.05) is 31.3 Å². The van der Waals surface area contributed by atoms with Gasteiger partial charge in [-0.3, -0.25) is 4.79 Å². The largest absolute Gasteiger partial charge is 0.480 e. The second-order valence-corrected chi connectivity index (χ2v) is 9.31. The van der Waals surface area contributed by atoms with E-state index < -0.39 is 36.2 Å². The smallest absolute Gasteiger partial charge is 0.407 e. The number of carbonyl (C=O) groups excluding carboxylic acids is 2. The number of benzene rings is 2. The summed E-state index contributed by atoms with van der Waals surface area (Å²) >= 11 is 0. The average Bonchev–Trinajstić information content (AvgIpc) is 3.35. The van der Waals surface area contributed by atoms with Crippen LogP contribution in [0.4, 0.5) is 4.79 Å². The maximum atomic E-state index is 12.8. The summed E-state index contributed by atoms with van der Waals surface area (Å²) in [7, 11) is 0. The van der Waals surface area contributed by atoms with Gasteiger partial charge in [-0.25, -0.2) is 9.59 Å². The number of likely N-dealkylation sites (tertiary alicyclic amines) is 1. The zero-order chi connectivity index (χ0) is 24.4. The number of carboxylic acid groups (broad SMARTS) is 1. The molecule has 8 nitrogen and oxygen atoms in total. The third kappa shape index (κ3) is 4.77. The van der Waals surface area contributed by atoms with Gasteiger partial charge in [0.2, 0.25) is 5.91 Å². The van der Waals surface area contributed by atoms with Crippen molar-refractivity contribution in [3.63, 3.8) is 0 Å². The number of alkyl carbamates (subject to hydrolysis) is 1. The number of aliphatic hydroxyl groups excluding tert-OH is 1. The number of fused-ring (bicyclic) bond motifs is 3. The Balaban J connectivity index is 1.39. The average molecular weight is 467 g/mol. The topological polar surface area (TPSA) is 116 Å². The Bertz CT molecular complexity index is 1040. The fourth-order valence-corrected chi connectivity index (χ4v) is 4.87. The van der Waals surface area contributed by atoms with Crippen LogP contribution in [0.3, 0.4) is 0 Å². The third-order valence-corrected chi connectivity index (χ3v) is 6.73. The van der Waals surface area contributed by atoms with Crippen LogP contribution in [-0.2, 0) is 14.3 Å². The number of hydrogen-bond donors (Lipinski definition) is 3. The van der Waals surface area contributed by atoms with Crippen LogP contribution in [0, 0.1) is 5.92 Å². The van der Waals surface area contributed by atoms with Crippen LogP contribution in [0.5, 0.6) is 0 Å². The lowest BCUT2D eigenvalue weighted by Crippen LogP contribution is -2.46. The SMILES string of the molecule is CC(C)[C@H](CC(=O)N1C[C@H](O)C[C@H]1C(=O)O)NC(=O)OCC1c2ccccc2-c2ccccc21. The highest BCUT2D eigenvalue weighted by Gasteiger charge is 2.39. The first-order chi connectivity index (χ1) is 16.3. The predicted octanol–water partition coefficient (Wildman–Crippen LogP) is 2.99. The van der Waals surface area contributed by atoms with E-state index in [9.17, 15) is 24.6 Å². The van der Waals surface area contributed by atoms with Crippen molar-refractivity contribution in [3.05, 3.63) is 59.7 Å². The van der Waals surface area contributed by atoms with Crippen molar-refractivity contribution in [3.8, 4) is 11.1 Å². The van der Waals surface area contributed by atoms with Gasteiger partial charge >= 0.3 is 12.1 Å². The van der Waals surface area contributed by atoms with E-state index in [0.29, 0.717) is 0 Å². The highest BCUT2D eigenvalue weighted by Crippen LogP contribution is 2.44. The number of carbonyl (C=O) groups is 3. The highest BCUT2D eigenvalue weighted by molar-refractivity contribution is 5.85. The molecular formula is C26H30N2O6. The Labute approximate surface area is 198 Å². The number of β-amino-alcohol motifs (C(OH)–C–C–N with tert-alkyl or cyclic N) is 1. The van der Waals surface area contributed by atoms with Crippen molar-refractivity contribution in [2.45, 2.75) is 50.8 Å². The van der Waals surface area contributed by atoms with Crippen molar-refractivity contribution in [1.82, 2.24) is 10.2 Å². The van der Waals surface area contributed by atoms with E-state index in [1.165, 1.54) is 4.90 Å². The number of aliphatic carboxylic acids is 1. The molecule has 0 bridgehead atoms. The Morgan fingerprint density at radius 3 is 2.21 bits per heavy atom. The molecule has 2 amide bonds. The van der Waals surface area contributed by atoms with Gasteiger partial charge in [0.15, 0.2) is 0 Å². The number of amides is 2. The van der Waals surface area contributed by atoms with Crippen LogP contribution < -0.4 is 5.32 Å². The summed E-state index contributed by atoms with van der Waals surface area (Å²) in [6, 6.07) is 14.5. The van der Waals surface area contributed by atoms with Gasteiger partial charge in [0.1, 0.15) is 12.6 Å². The van der Waals surface area contributed by atoms with Gasteiger partial charge in [-0.05, 0) is 28.2 Å². The standard InChI is InChI=1S/C26H30N2O6/c1-15(2)22(12-24(30)28-13-16(29)11-23(28)25(31)32)27-26(33)34-14-21-19-9-5-3-7-17(19)18-8-4-6-10-20(18)21/h3-10,15-16,21-23,29H,11-14H2,1-2H3,(H,27,33)(H,31,32)/t16-,22+,23+/m1/s1. The molecule has 180 valence electrons. The summed E-state index contributed by atoms with van der Waals surface area (Å²) in [5.41, 5.74) is 4.50. The molecule has 8 heteroatoms. The summed E-state index contributed by atoms with van der Waals surface area (Å²) in [4.78, 5) is 38.1. The number of aliphatic hydroxyl groups is 1. The molecule has 0 unspecified atom stereocenters. The Morgan fingerprint density at radius 2 is 1.65 bits per heavy atom. The number of rotatable bonds is 7. The normalized spacial score (nSPS) is 20.1. The van der Waals surface area contributed by atoms with E-state index in [4.69, 9.17) is 4.74 Å². The number of carboxylic acids is 1. The number of nitrogens with zero attached hydrogens (tertiary/aromatic N) is 1. The zero-order valence-electron chi connectivity index (χ0n) is 19.3. The van der Waals surface area contributed by atoms with E-state index >= 15 is 0 Å². The van der Waals surface area contributed by atoms with Crippen LogP contribution in [-0.4, -0.2) is 64.4 Å². The fraction of sp³-hybridized carbons (Fsp3) is 0.423. The Morgan fingerprint density at radius 1 is 1.06 bits per heavy atom. The van der Waals surface area contributed by atoms with Crippen molar-refractivity contribution < 1.29 is 29.3 Å². The molecule has 3 N–H and O–H groups in total. The van der Waals surface area contributed by atoms with Gasteiger partial charge in [0.25, 0.3) is 0 Å². The van der Waals surface area contributed by atoms with Crippen molar-refractivity contribution in [2.24, 2.45) is 5.92 Å². The first-order valence-corrected chi connectivity index (χ1v) is 11.6. The monoisotopic (exact) mass is 466 g/mol. The maximum absolute atomic E-state index is 12.8. The van der Waals surface area contributed by atoms with E-state index in [2.05, 4.69) is 17.4 Å². The number of hydrogen-bond acceptors (Lipinski definition) is 5. The van der Waals surface area contributed by atoms with Crippen LogP contribution in [0.25, 0.3) is 11.1 Å². The fourth-order valence-electron chi connectivity index (χ4n) is 4.87. The van der Waals surface area contributed by atoms with Gasteiger partial charge in [-0.1, -0.05) is 62.4 Å². The molecule has 34 heavy (non-hydrogen) atoms. The first kappa shape index (κ1) is 23.8. The van der Waals surface area contributed by atoms with E-state index in [-0.39, 0.29) is 37.8 Å². The molecule has 1 saturated heterocycles. The minimum Gasteiger partial charge on any atom is -0.480 e. The van der Waals surface area contributed by atoms with Gasteiger partial charge in [-0.2, -0.15) is 0 Å². The molecule has 0 radical (unpaired) electrons. The molecule has 1 fully saturated rings. The van der Waals surface area contributed by atoms with Crippen LogP contribution in [0.15, 0.2) is 48.5 Å². The molecule has 3 atom stereocenters. The summed E-state index contributed by atoms with van der Waals surface area (Å²) < 4.78 is 5.59. The molecule has 2 aromatic carbocycles. The predicted molar refractivity (Wildman–Crippen MR) is 125 cm³/mol. The molecule has 2 aliphatic rings. The highest BCUT2D eigenvalue weighted by atomic mass is 16.5. The lowest BCUT2D eigenvalue weighted by molar-refractivity contribution is -0.148. The Kier molecular flexibility index (Phi) is 6.88. The lowest BCUT2D eigenvalue weighted by Gasteiger charge is -2.27. The molecule has 1 aliphatic heterocycles. The second-order valence-electron chi connectivity index (χ2n) is 9.31. The van der Waals surface area contributed by atoms with Crippen LogP contribution in [0.1, 0.15) is 43.7 Å². The van der Waals surface area contributed by atoms with Gasteiger partial charge < -0.3 is 25.2 Å². The minimum absolute atomic E-state index is 0.00717. The maximum Gasteiger partial charge on any atom is 0.407 e. The molecule has 0 spiro atoms.